The van der Waals surface area contributed by atoms with Crippen LogP contribution in [0.25, 0.3) is 0 Å². The molecule has 1 aromatic rings. The maximum Gasteiger partial charge on any atom is 0.113 e. The fourth-order valence-electron chi connectivity index (χ4n) is 1.56. The highest BCUT2D eigenvalue weighted by Crippen LogP contribution is 2.17. The molecule has 0 spiro atoms. The van der Waals surface area contributed by atoms with E-state index in [2.05, 4.69) is 52.0 Å². The van der Waals surface area contributed by atoms with Crippen LogP contribution in [0.1, 0.15) is 36.7 Å². The van der Waals surface area contributed by atoms with E-state index in [9.17, 15) is 0 Å². The summed E-state index contributed by atoms with van der Waals surface area (Å²) < 4.78 is 0. The average molecular weight is 174 g/mol. The van der Waals surface area contributed by atoms with Crippen LogP contribution in [-0.2, 0) is 6.32 Å². The first-order valence-electron chi connectivity index (χ1n) is 4.89. The monoisotopic (exact) mass is 174 g/mol. The van der Waals surface area contributed by atoms with Crippen molar-refractivity contribution >= 4 is 7.28 Å². The molecule has 0 fully saturated rings. The molecule has 0 aromatic carbocycles. The third-order valence-electron chi connectivity index (χ3n) is 2.22. The van der Waals surface area contributed by atoms with E-state index in [1.54, 1.807) is 0 Å². The Hall–Kier alpha value is -0.785. The number of nitrogens with zero attached hydrogens (tertiary/aromatic N) is 1. The highest BCUT2D eigenvalue weighted by Gasteiger charge is 2.04. The van der Waals surface area contributed by atoms with E-state index < -0.39 is 0 Å². The Morgan fingerprint density at radius 3 is 2.54 bits per heavy atom. The number of aryl methyl sites for hydroxylation is 1. The van der Waals surface area contributed by atoms with Crippen molar-refractivity contribution in [3.8, 4) is 0 Å². The van der Waals surface area contributed by atoms with Crippen LogP contribution in [-0.4, -0.2) is 12.3 Å². The third kappa shape index (κ3) is 2.58. The van der Waals surface area contributed by atoms with Gasteiger partial charge in [-0.15, -0.1) is 0 Å². The van der Waals surface area contributed by atoms with Gasteiger partial charge in [0.2, 0.25) is 0 Å². The standard InChI is InChI=1S/C11H17BN/c1-8(2)11-6-5-10(7-12-4)13-9(11)3/h5-6,8H,7H2,1-4H3. The number of rotatable bonds is 3. The summed E-state index contributed by atoms with van der Waals surface area (Å²) in [6, 6.07) is 4.33. The SMILES string of the molecule is C[B]Cc1ccc(C(C)C)c(C)n1. The summed E-state index contributed by atoms with van der Waals surface area (Å²) in [6.07, 6.45) is 0.971. The summed E-state index contributed by atoms with van der Waals surface area (Å²) in [4.78, 5) is 4.55. The molecule has 0 bridgehead atoms. The molecule has 0 saturated heterocycles. The molecule has 0 amide bonds. The van der Waals surface area contributed by atoms with E-state index in [0.29, 0.717) is 5.92 Å². The second-order valence-electron chi connectivity index (χ2n) is 3.74. The Bertz CT molecular complexity index is 281. The third-order valence-corrected chi connectivity index (χ3v) is 2.22. The summed E-state index contributed by atoms with van der Waals surface area (Å²) in [5.74, 6) is 0.576. The van der Waals surface area contributed by atoms with Gasteiger partial charge in [-0.2, -0.15) is 0 Å². The van der Waals surface area contributed by atoms with E-state index in [0.717, 1.165) is 6.32 Å². The van der Waals surface area contributed by atoms with Gasteiger partial charge in [-0.3, -0.25) is 4.98 Å². The maximum absolute atomic E-state index is 4.55. The van der Waals surface area contributed by atoms with Gasteiger partial charge in [0.15, 0.2) is 0 Å². The first kappa shape index (κ1) is 10.3. The van der Waals surface area contributed by atoms with Crippen molar-refractivity contribution in [2.24, 2.45) is 0 Å². The largest absolute Gasteiger partial charge is 0.259 e. The van der Waals surface area contributed by atoms with Gasteiger partial charge in [0.05, 0.1) is 0 Å². The van der Waals surface area contributed by atoms with Gasteiger partial charge in [0.1, 0.15) is 7.28 Å². The summed E-state index contributed by atoms with van der Waals surface area (Å²) in [5.41, 5.74) is 3.71. The quantitative estimate of drug-likeness (QED) is 0.642. The molecular weight excluding hydrogens is 157 g/mol. The van der Waals surface area contributed by atoms with Gasteiger partial charge >= 0.3 is 0 Å². The van der Waals surface area contributed by atoms with Crippen molar-refractivity contribution < 1.29 is 0 Å². The normalized spacial score (nSPS) is 10.5. The van der Waals surface area contributed by atoms with Crippen molar-refractivity contribution in [3.05, 3.63) is 29.1 Å². The molecule has 0 N–H and O–H groups in total. The van der Waals surface area contributed by atoms with E-state index >= 15 is 0 Å². The van der Waals surface area contributed by atoms with Crippen LogP contribution in [0.5, 0.6) is 0 Å². The minimum absolute atomic E-state index is 0.576. The predicted molar refractivity (Wildman–Crippen MR) is 58.4 cm³/mol. The number of hydrogen-bond donors (Lipinski definition) is 0. The number of aromatic nitrogens is 1. The molecule has 1 heterocycles. The lowest BCUT2D eigenvalue weighted by Crippen LogP contribution is -2.01. The van der Waals surface area contributed by atoms with E-state index in [4.69, 9.17) is 0 Å². The molecule has 1 nitrogen and oxygen atoms in total. The highest BCUT2D eigenvalue weighted by atomic mass is 14.7. The summed E-state index contributed by atoms with van der Waals surface area (Å²) >= 11 is 0. The molecule has 1 radical (unpaired) electrons. The van der Waals surface area contributed by atoms with Gasteiger partial charge in [-0.1, -0.05) is 26.7 Å². The lowest BCUT2D eigenvalue weighted by atomic mass is 9.76. The smallest absolute Gasteiger partial charge is 0.113 e. The van der Waals surface area contributed by atoms with Crippen molar-refractivity contribution in [2.45, 2.75) is 39.8 Å². The van der Waals surface area contributed by atoms with Crippen LogP contribution >= 0.6 is 0 Å². The van der Waals surface area contributed by atoms with Crippen LogP contribution in [0.4, 0.5) is 0 Å². The van der Waals surface area contributed by atoms with E-state index in [-0.39, 0.29) is 0 Å². The molecular formula is C11H17BN. The molecule has 0 aliphatic heterocycles. The van der Waals surface area contributed by atoms with E-state index in [1.165, 1.54) is 17.0 Å². The molecule has 2 heteroatoms. The zero-order valence-electron chi connectivity index (χ0n) is 8.96. The summed E-state index contributed by atoms with van der Waals surface area (Å²) in [7, 11) is 2.14. The van der Waals surface area contributed by atoms with Crippen LogP contribution < -0.4 is 0 Å². The van der Waals surface area contributed by atoms with Crippen molar-refractivity contribution in [1.82, 2.24) is 4.98 Å². The van der Waals surface area contributed by atoms with Crippen molar-refractivity contribution in [2.75, 3.05) is 0 Å². The minimum atomic E-state index is 0.576. The second kappa shape index (κ2) is 4.45. The molecule has 0 saturated carbocycles. The summed E-state index contributed by atoms with van der Waals surface area (Å²) in [6.45, 7) is 8.56. The Kier molecular flexibility index (Phi) is 3.53. The van der Waals surface area contributed by atoms with Crippen molar-refractivity contribution in [3.63, 3.8) is 0 Å². The Morgan fingerprint density at radius 2 is 2.08 bits per heavy atom. The first-order valence-corrected chi connectivity index (χ1v) is 4.89. The zero-order chi connectivity index (χ0) is 9.84. The topological polar surface area (TPSA) is 12.9 Å². The van der Waals surface area contributed by atoms with E-state index in [1.807, 2.05) is 0 Å². The molecule has 0 aliphatic rings. The second-order valence-corrected chi connectivity index (χ2v) is 3.74. The molecule has 13 heavy (non-hydrogen) atoms. The summed E-state index contributed by atoms with van der Waals surface area (Å²) in [5, 5.41) is 0. The Balaban J connectivity index is 2.92. The molecule has 0 atom stereocenters. The fourth-order valence-corrected chi connectivity index (χ4v) is 1.56. The van der Waals surface area contributed by atoms with Crippen LogP contribution in [0.2, 0.25) is 6.82 Å². The molecule has 0 unspecified atom stereocenters. The van der Waals surface area contributed by atoms with Crippen LogP contribution in [0, 0.1) is 6.92 Å². The Morgan fingerprint density at radius 1 is 1.38 bits per heavy atom. The zero-order valence-corrected chi connectivity index (χ0v) is 8.96. The average Bonchev–Trinajstić information content (AvgIpc) is 2.04. The lowest BCUT2D eigenvalue weighted by molar-refractivity contribution is 0.838. The Labute approximate surface area is 81.8 Å². The number of pyridine rings is 1. The van der Waals surface area contributed by atoms with Gasteiger partial charge in [-0.25, -0.2) is 0 Å². The van der Waals surface area contributed by atoms with Gasteiger partial charge in [-0.05, 0) is 30.8 Å². The predicted octanol–water partition coefficient (Wildman–Crippen LogP) is 2.77. The molecule has 0 aliphatic carbocycles. The molecule has 1 rings (SSSR count). The number of hydrogen-bond acceptors (Lipinski definition) is 1. The van der Waals surface area contributed by atoms with Crippen molar-refractivity contribution in [1.29, 1.82) is 0 Å². The molecule has 1 aromatic heterocycles. The van der Waals surface area contributed by atoms with Gasteiger partial charge in [0, 0.05) is 11.4 Å². The highest BCUT2D eigenvalue weighted by molar-refractivity contribution is 6.32. The van der Waals surface area contributed by atoms with Gasteiger partial charge < -0.3 is 0 Å². The fraction of sp³-hybridized carbons (Fsp3) is 0.545. The maximum atomic E-state index is 4.55. The van der Waals surface area contributed by atoms with Gasteiger partial charge in [0.25, 0.3) is 0 Å². The van der Waals surface area contributed by atoms with Crippen LogP contribution in [0.15, 0.2) is 12.1 Å². The van der Waals surface area contributed by atoms with Crippen LogP contribution in [0.3, 0.4) is 0 Å². The first-order chi connectivity index (χ1) is 6.15. The lowest BCUT2D eigenvalue weighted by Gasteiger charge is -2.09. The molecule has 69 valence electrons. The minimum Gasteiger partial charge on any atom is -0.259 e.